The zero-order chi connectivity index (χ0) is 17.3. The van der Waals surface area contributed by atoms with Crippen molar-refractivity contribution in [2.45, 2.75) is 11.0 Å². The van der Waals surface area contributed by atoms with E-state index >= 15 is 0 Å². The van der Waals surface area contributed by atoms with Crippen molar-refractivity contribution in [2.24, 2.45) is 5.73 Å². The van der Waals surface area contributed by atoms with Gasteiger partial charge in [-0.2, -0.15) is 0 Å². The lowest BCUT2D eigenvalue weighted by atomic mass is 10.2. The molecule has 2 aromatic rings. The van der Waals surface area contributed by atoms with Crippen molar-refractivity contribution < 1.29 is 22.7 Å². The number of nitrogens with zero attached hydrogens (tertiary/aromatic N) is 1. The van der Waals surface area contributed by atoms with Crippen LogP contribution in [0.3, 0.4) is 0 Å². The van der Waals surface area contributed by atoms with Crippen LogP contribution in [0, 0.1) is 0 Å². The number of anilines is 1. The minimum absolute atomic E-state index is 0.0863. The zero-order valence-corrected chi connectivity index (χ0v) is 13.7. The second-order valence-corrected chi connectivity index (χ2v) is 7.05. The van der Waals surface area contributed by atoms with Crippen LogP contribution in [0.25, 0.3) is 0 Å². The molecule has 1 aliphatic rings. The number of nitrogens with two attached hydrogens (primary N) is 1. The van der Waals surface area contributed by atoms with Gasteiger partial charge in [-0.25, -0.2) is 8.42 Å². The average Bonchev–Trinajstić information content (AvgIpc) is 2.60. The molecule has 3 rings (SSSR count). The third-order valence-corrected chi connectivity index (χ3v) is 5.49. The van der Waals surface area contributed by atoms with Gasteiger partial charge in [0.2, 0.25) is 0 Å². The van der Waals surface area contributed by atoms with Crippen LogP contribution in [0.5, 0.6) is 11.5 Å². The molecule has 0 aliphatic carbocycles. The molecular formula is C16H16N2O5S. The van der Waals surface area contributed by atoms with E-state index in [4.69, 9.17) is 15.2 Å². The molecule has 1 heterocycles. The van der Waals surface area contributed by atoms with E-state index in [0.29, 0.717) is 17.2 Å². The summed E-state index contributed by atoms with van der Waals surface area (Å²) in [6, 6.07) is 12.6. The SMILES string of the molecule is COc1ccc(S(=O)(=O)N2C[C@@H](C(N)=O)Oc3ccccc32)cc1. The van der Waals surface area contributed by atoms with Gasteiger partial charge in [-0.1, -0.05) is 12.1 Å². The summed E-state index contributed by atoms with van der Waals surface area (Å²) < 4.78 is 37.7. The molecule has 2 N–H and O–H groups in total. The smallest absolute Gasteiger partial charge is 0.264 e. The quantitative estimate of drug-likeness (QED) is 0.893. The van der Waals surface area contributed by atoms with Gasteiger partial charge in [0.15, 0.2) is 6.10 Å². The molecule has 8 heteroatoms. The largest absolute Gasteiger partial charge is 0.497 e. The Morgan fingerprint density at radius 1 is 1.21 bits per heavy atom. The van der Waals surface area contributed by atoms with Crippen molar-refractivity contribution in [3.8, 4) is 11.5 Å². The number of benzene rings is 2. The first-order chi connectivity index (χ1) is 11.4. The van der Waals surface area contributed by atoms with Gasteiger partial charge in [0.1, 0.15) is 11.5 Å². The summed E-state index contributed by atoms with van der Waals surface area (Å²) in [6.45, 7) is -0.180. The van der Waals surface area contributed by atoms with E-state index in [1.807, 2.05) is 0 Å². The van der Waals surface area contributed by atoms with Gasteiger partial charge in [-0.15, -0.1) is 0 Å². The number of primary amides is 1. The highest BCUT2D eigenvalue weighted by atomic mass is 32.2. The second-order valence-electron chi connectivity index (χ2n) is 5.19. The number of para-hydroxylation sites is 2. The van der Waals surface area contributed by atoms with Crippen LogP contribution in [0.15, 0.2) is 53.4 Å². The molecule has 0 saturated heterocycles. The van der Waals surface area contributed by atoms with Gasteiger partial charge in [-0.3, -0.25) is 9.10 Å². The highest BCUT2D eigenvalue weighted by Crippen LogP contribution is 2.36. The lowest BCUT2D eigenvalue weighted by molar-refractivity contribution is -0.124. The summed E-state index contributed by atoms with van der Waals surface area (Å²) in [7, 11) is -2.38. The Labute approximate surface area is 139 Å². The summed E-state index contributed by atoms with van der Waals surface area (Å²) in [4.78, 5) is 11.6. The second kappa shape index (κ2) is 6.04. The molecule has 0 radical (unpaired) electrons. The molecule has 0 bridgehead atoms. The number of rotatable bonds is 4. The van der Waals surface area contributed by atoms with Gasteiger partial charge < -0.3 is 15.2 Å². The number of hydrogen-bond acceptors (Lipinski definition) is 5. The van der Waals surface area contributed by atoms with Crippen molar-refractivity contribution in [3.63, 3.8) is 0 Å². The highest BCUT2D eigenvalue weighted by Gasteiger charge is 2.36. The van der Waals surface area contributed by atoms with E-state index in [9.17, 15) is 13.2 Å². The maximum atomic E-state index is 13.0. The summed E-state index contributed by atoms with van der Waals surface area (Å²) in [5, 5.41) is 0. The molecule has 0 saturated carbocycles. The van der Waals surface area contributed by atoms with Crippen LogP contribution in [0.2, 0.25) is 0 Å². The average molecular weight is 348 g/mol. The fourth-order valence-electron chi connectivity index (χ4n) is 2.45. The number of carbonyl (C=O) groups is 1. The predicted octanol–water partition coefficient (Wildman–Crippen LogP) is 1.14. The molecule has 0 unspecified atom stereocenters. The van der Waals surface area contributed by atoms with E-state index in [-0.39, 0.29) is 11.4 Å². The predicted molar refractivity (Wildman–Crippen MR) is 87.6 cm³/mol. The molecule has 1 atom stereocenters. The molecule has 1 aliphatic heterocycles. The number of sulfonamides is 1. The van der Waals surface area contributed by atoms with Gasteiger partial charge in [0.25, 0.3) is 15.9 Å². The first-order valence-electron chi connectivity index (χ1n) is 7.15. The Morgan fingerprint density at radius 3 is 2.50 bits per heavy atom. The maximum Gasteiger partial charge on any atom is 0.264 e. The van der Waals surface area contributed by atoms with Gasteiger partial charge in [-0.05, 0) is 36.4 Å². The lowest BCUT2D eigenvalue weighted by Gasteiger charge is -2.34. The Kier molecular flexibility index (Phi) is 4.06. The molecule has 1 amide bonds. The fourth-order valence-corrected chi connectivity index (χ4v) is 3.93. The van der Waals surface area contributed by atoms with Crippen molar-refractivity contribution in [3.05, 3.63) is 48.5 Å². The highest BCUT2D eigenvalue weighted by molar-refractivity contribution is 7.92. The molecule has 7 nitrogen and oxygen atoms in total. The van der Waals surface area contributed by atoms with Crippen molar-refractivity contribution in [1.29, 1.82) is 0 Å². The number of ether oxygens (including phenoxy) is 2. The molecule has 0 aromatic heterocycles. The van der Waals surface area contributed by atoms with Crippen LogP contribution in [-0.2, 0) is 14.8 Å². The summed E-state index contributed by atoms with van der Waals surface area (Å²) in [6.07, 6.45) is -1.05. The van der Waals surface area contributed by atoms with Gasteiger partial charge >= 0.3 is 0 Å². The number of amides is 1. The molecule has 0 spiro atoms. The summed E-state index contributed by atoms with van der Waals surface area (Å²) in [5.41, 5.74) is 5.67. The number of hydrogen-bond donors (Lipinski definition) is 1. The van der Waals surface area contributed by atoms with Gasteiger partial charge in [0.05, 0.1) is 24.2 Å². The Morgan fingerprint density at radius 2 is 1.88 bits per heavy atom. The van der Waals surface area contributed by atoms with Crippen molar-refractivity contribution >= 4 is 21.6 Å². The molecule has 2 aromatic carbocycles. The van der Waals surface area contributed by atoms with Crippen LogP contribution in [0.4, 0.5) is 5.69 Å². The first-order valence-corrected chi connectivity index (χ1v) is 8.59. The summed E-state index contributed by atoms with van der Waals surface area (Å²) >= 11 is 0. The van der Waals surface area contributed by atoms with Gasteiger partial charge in [0, 0.05) is 0 Å². The molecular weight excluding hydrogens is 332 g/mol. The van der Waals surface area contributed by atoms with E-state index in [0.717, 1.165) is 4.31 Å². The monoisotopic (exact) mass is 348 g/mol. The minimum Gasteiger partial charge on any atom is -0.497 e. The zero-order valence-electron chi connectivity index (χ0n) is 12.9. The van der Waals surface area contributed by atoms with Crippen LogP contribution in [-0.4, -0.2) is 34.1 Å². The molecule has 126 valence electrons. The van der Waals surface area contributed by atoms with E-state index in [1.165, 1.54) is 19.2 Å². The number of methoxy groups -OCH3 is 1. The van der Waals surface area contributed by atoms with Crippen LogP contribution >= 0.6 is 0 Å². The van der Waals surface area contributed by atoms with E-state index in [1.54, 1.807) is 36.4 Å². The topological polar surface area (TPSA) is 98.9 Å². The number of fused-ring (bicyclic) bond motifs is 1. The minimum atomic E-state index is -3.88. The fraction of sp³-hybridized carbons (Fsp3) is 0.188. The van der Waals surface area contributed by atoms with E-state index in [2.05, 4.69) is 0 Å². The first kappa shape index (κ1) is 16.1. The Balaban J connectivity index is 2.06. The van der Waals surface area contributed by atoms with E-state index < -0.39 is 22.0 Å². The number of carbonyl (C=O) groups excluding carboxylic acids is 1. The molecule has 24 heavy (non-hydrogen) atoms. The van der Waals surface area contributed by atoms with Crippen LogP contribution < -0.4 is 19.5 Å². The van der Waals surface area contributed by atoms with Crippen molar-refractivity contribution in [1.82, 2.24) is 0 Å². The summed E-state index contributed by atoms with van der Waals surface area (Å²) in [5.74, 6) is 0.121. The standard InChI is InChI=1S/C16H16N2O5S/c1-22-11-6-8-12(9-7-11)24(20,21)18-10-15(16(17)19)23-14-5-3-2-4-13(14)18/h2-9,15H,10H2,1H3,(H2,17,19)/t15-/m0/s1. The third kappa shape index (κ3) is 2.76. The lowest BCUT2D eigenvalue weighted by Crippen LogP contribution is -2.49. The third-order valence-electron chi connectivity index (χ3n) is 3.70. The Hall–Kier alpha value is -2.74. The van der Waals surface area contributed by atoms with Crippen molar-refractivity contribution in [2.75, 3.05) is 18.0 Å². The Bertz CT molecular complexity index is 864. The molecule has 0 fully saturated rings. The maximum absolute atomic E-state index is 13.0. The normalized spacial score (nSPS) is 16.9. The van der Waals surface area contributed by atoms with Crippen LogP contribution in [0.1, 0.15) is 0 Å².